The molecule has 1 saturated heterocycles. The van der Waals surface area contributed by atoms with Crippen LogP contribution >= 0.6 is 0 Å². The zero-order chi connectivity index (χ0) is 19.4. The van der Waals surface area contributed by atoms with Crippen molar-refractivity contribution in [2.45, 2.75) is 26.2 Å². The third-order valence-corrected chi connectivity index (χ3v) is 4.90. The minimum Gasteiger partial charge on any atom is -0.359 e. The van der Waals surface area contributed by atoms with Crippen molar-refractivity contribution in [1.29, 1.82) is 0 Å². The number of nitro groups is 1. The number of hydrogen-bond acceptors (Lipinski definition) is 6. The van der Waals surface area contributed by atoms with E-state index in [9.17, 15) is 14.9 Å². The number of nitrogens with one attached hydrogen (secondary N) is 1. The summed E-state index contributed by atoms with van der Waals surface area (Å²) in [6.07, 6.45) is 2.35. The van der Waals surface area contributed by atoms with Crippen LogP contribution in [0.4, 0.5) is 11.5 Å². The Balaban J connectivity index is 1.84. The van der Waals surface area contributed by atoms with E-state index in [1.54, 1.807) is 19.2 Å². The summed E-state index contributed by atoms with van der Waals surface area (Å²) in [5.74, 6) is 1.55. The second-order valence-corrected chi connectivity index (χ2v) is 6.57. The molecule has 0 radical (unpaired) electrons. The van der Waals surface area contributed by atoms with E-state index in [1.807, 2.05) is 13.0 Å². The number of aryl methyl sites for hydroxylation is 1. The molecule has 142 valence electrons. The number of hydrogen-bond donors (Lipinski definition) is 1. The van der Waals surface area contributed by atoms with Crippen LogP contribution in [0.2, 0.25) is 0 Å². The summed E-state index contributed by atoms with van der Waals surface area (Å²) >= 11 is 0. The van der Waals surface area contributed by atoms with Crippen molar-refractivity contribution in [1.82, 2.24) is 15.3 Å². The van der Waals surface area contributed by atoms with E-state index >= 15 is 0 Å². The molecule has 1 aromatic heterocycles. The maximum Gasteiger partial charge on any atom is 0.269 e. The van der Waals surface area contributed by atoms with Crippen LogP contribution in [0.5, 0.6) is 0 Å². The van der Waals surface area contributed by atoms with Gasteiger partial charge in [-0.25, -0.2) is 9.97 Å². The van der Waals surface area contributed by atoms with Crippen molar-refractivity contribution < 1.29 is 9.72 Å². The van der Waals surface area contributed by atoms with Crippen LogP contribution in [0.15, 0.2) is 30.3 Å². The van der Waals surface area contributed by atoms with E-state index in [2.05, 4.69) is 20.2 Å². The Hall–Kier alpha value is -3.03. The van der Waals surface area contributed by atoms with Crippen molar-refractivity contribution in [3.05, 3.63) is 46.1 Å². The fourth-order valence-electron chi connectivity index (χ4n) is 3.26. The molecule has 27 heavy (non-hydrogen) atoms. The summed E-state index contributed by atoms with van der Waals surface area (Å²) in [6, 6.07) is 8.26. The molecular weight excluding hydrogens is 346 g/mol. The predicted molar refractivity (Wildman–Crippen MR) is 103 cm³/mol. The van der Waals surface area contributed by atoms with Crippen LogP contribution in [0.25, 0.3) is 11.4 Å². The lowest BCUT2D eigenvalue weighted by atomic mass is 9.96. The molecule has 0 bridgehead atoms. The largest absolute Gasteiger partial charge is 0.359 e. The minimum absolute atomic E-state index is 0.0434. The molecule has 8 heteroatoms. The van der Waals surface area contributed by atoms with Crippen molar-refractivity contribution >= 4 is 17.4 Å². The summed E-state index contributed by atoms with van der Waals surface area (Å²) in [6.45, 7) is 3.56. The van der Waals surface area contributed by atoms with Gasteiger partial charge < -0.3 is 10.2 Å². The fourth-order valence-corrected chi connectivity index (χ4v) is 3.26. The molecular formula is C19H23N5O3. The smallest absolute Gasteiger partial charge is 0.269 e. The molecule has 0 spiro atoms. The second kappa shape index (κ2) is 8.11. The number of anilines is 1. The monoisotopic (exact) mass is 369 g/mol. The highest BCUT2D eigenvalue weighted by atomic mass is 16.6. The van der Waals surface area contributed by atoms with Crippen molar-refractivity contribution in [3.8, 4) is 11.4 Å². The average Bonchev–Trinajstić information content (AvgIpc) is 2.73. The Morgan fingerprint density at radius 2 is 1.93 bits per heavy atom. The van der Waals surface area contributed by atoms with Gasteiger partial charge in [0.15, 0.2) is 5.82 Å². The number of piperidine rings is 1. The summed E-state index contributed by atoms with van der Waals surface area (Å²) < 4.78 is 0. The minimum atomic E-state index is -0.421. The number of nitrogens with zero attached hydrogens (tertiary/aromatic N) is 4. The molecule has 3 rings (SSSR count). The number of carbonyl (C=O) groups excluding carboxylic acids is 1. The zero-order valence-electron chi connectivity index (χ0n) is 15.5. The Bertz CT molecular complexity index is 830. The summed E-state index contributed by atoms with van der Waals surface area (Å²) in [5.41, 5.74) is 1.71. The van der Waals surface area contributed by atoms with Crippen LogP contribution in [0.1, 0.15) is 25.5 Å². The van der Waals surface area contributed by atoms with Gasteiger partial charge in [-0.1, -0.05) is 6.92 Å². The number of nitro benzene ring substituents is 1. The Labute approximate surface area is 157 Å². The van der Waals surface area contributed by atoms with Gasteiger partial charge in [0.1, 0.15) is 5.82 Å². The van der Waals surface area contributed by atoms with Gasteiger partial charge in [0.2, 0.25) is 5.91 Å². The highest BCUT2D eigenvalue weighted by molar-refractivity contribution is 5.78. The van der Waals surface area contributed by atoms with E-state index in [-0.39, 0.29) is 17.5 Å². The zero-order valence-corrected chi connectivity index (χ0v) is 15.5. The van der Waals surface area contributed by atoms with Crippen LogP contribution < -0.4 is 10.2 Å². The van der Waals surface area contributed by atoms with Gasteiger partial charge in [-0.05, 0) is 31.4 Å². The first kappa shape index (κ1) is 18.8. The Morgan fingerprint density at radius 1 is 1.26 bits per heavy atom. The van der Waals surface area contributed by atoms with Gasteiger partial charge in [0.05, 0.1) is 4.92 Å². The van der Waals surface area contributed by atoms with E-state index in [1.165, 1.54) is 12.1 Å². The standard InChI is InChI=1S/C19H23N5O3/c1-3-15-12-17(23-10-8-14(9-11-23)19(25)20-2)22-18(21-15)13-4-6-16(7-5-13)24(26)27/h4-7,12,14H,3,8-11H2,1-2H3,(H,20,25). The molecule has 1 aliphatic heterocycles. The third kappa shape index (κ3) is 4.21. The first-order chi connectivity index (χ1) is 13.0. The molecule has 0 saturated carbocycles. The molecule has 0 atom stereocenters. The summed E-state index contributed by atoms with van der Waals surface area (Å²) in [5, 5.41) is 13.6. The SMILES string of the molecule is CCc1cc(N2CCC(C(=O)NC)CC2)nc(-c2ccc([N+](=O)[O-])cc2)n1. The number of amides is 1. The van der Waals surface area contributed by atoms with Gasteiger partial charge in [-0.2, -0.15) is 0 Å². The molecule has 0 unspecified atom stereocenters. The first-order valence-corrected chi connectivity index (χ1v) is 9.11. The van der Waals surface area contributed by atoms with Crippen molar-refractivity contribution in [2.75, 3.05) is 25.0 Å². The normalized spacial score (nSPS) is 14.8. The second-order valence-electron chi connectivity index (χ2n) is 6.57. The Kier molecular flexibility index (Phi) is 5.63. The van der Waals surface area contributed by atoms with Crippen molar-refractivity contribution in [2.24, 2.45) is 5.92 Å². The van der Waals surface area contributed by atoms with E-state index in [4.69, 9.17) is 0 Å². The fraction of sp³-hybridized carbons (Fsp3) is 0.421. The number of benzene rings is 1. The van der Waals surface area contributed by atoms with Crippen LogP contribution in [0, 0.1) is 16.0 Å². The lowest BCUT2D eigenvalue weighted by Gasteiger charge is -2.32. The molecule has 2 heterocycles. The summed E-state index contributed by atoms with van der Waals surface area (Å²) in [7, 11) is 1.67. The van der Waals surface area contributed by atoms with E-state index in [0.717, 1.165) is 49.4 Å². The maximum absolute atomic E-state index is 11.8. The highest BCUT2D eigenvalue weighted by Crippen LogP contribution is 2.26. The highest BCUT2D eigenvalue weighted by Gasteiger charge is 2.25. The lowest BCUT2D eigenvalue weighted by Crippen LogP contribution is -2.40. The number of rotatable bonds is 5. The first-order valence-electron chi connectivity index (χ1n) is 9.11. The predicted octanol–water partition coefficient (Wildman–Crippen LogP) is 2.58. The molecule has 1 amide bonds. The van der Waals surface area contributed by atoms with Crippen LogP contribution in [-0.2, 0) is 11.2 Å². The van der Waals surface area contributed by atoms with Gasteiger partial charge >= 0.3 is 0 Å². The molecule has 1 fully saturated rings. The third-order valence-electron chi connectivity index (χ3n) is 4.90. The van der Waals surface area contributed by atoms with Gasteiger partial charge in [-0.15, -0.1) is 0 Å². The molecule has 8 nitrogen and oxygen atoms in total. The van der Waals surface area contributed by atoms with Gasteiger partial charge in [0.25, 0.3) is 5.69 Å². The van der Waals surface area contributed by atoms with Gasteiger partial charge in [0, 0.05) is 55.5 Å². The van der Waals surface area contributed by atoms with Gasteiger partial charge in [-0.3, -0.25) is 14.9 Å². The van der Waals surface area contributed by atoms with Crippen LogP contribution in [-0.4, -0.2) is 40.9 Å². The number of carbonyl (C=O) groups is 1. The molecule has 2 aromatic rings. The van der Waals surface area contributed by atoms with Crippen molar-refractivity contribution in [3.63, 3.8) is 0 Å². The average molecular weight is 369 g/mol. The molecule has 1 aliphatic rings. The lowest BCUT2D eigenvalue weighted by molar-refractivity contribution is -0.384. The quantitative estimate of drug-likeness (QED) is 0.642. The van der Waals surface area contributed by atoms with Crippen LogP contribution in [0.3, 0.4) is 0 Å². The summed E-state index contributed by atoms with van der Waals surface area (Å²) in [4.78, 5) is 33.7. The van der Waals surface area contributed by atoms with E-state index in [0.29, 0.717) is 5.82 Å². The number of aromatic nitrogens is 2. The molecule has 0 aliphatic carbocycles. The van der Waals surface area contributed by atoms with E-state index < -0.39 is 4.92 Å². The Morgan fingerprint density at radius 3 is 2.48 bits per heavy atom. The number of non-ortho nitro benzene ring substituents is 1. The molecule has 1 N–H and O–H groups in total. The topological polar surface area (TPSA) is 101 Å². The molecule has 1 aromatic carbocycles. The maximum atomic E-state index is 11.8.